The number of nitrogens with one attached hydrogen (secondary N) is 1. The summed E-state index contributed by atoms with van der Waals surface area (Å²) < 4.78 is 2.07. The Kier molecular flexibility index (Phi) is 4.34. The molecule has 3 nitrogen and oxygen atoms in total. The Morgan fingerprint density at radius 2 is 2.05 bits per heavy atom. The lowest BCUT2D eigenvalue weighted by Crippen LogP contribution is -2.38. The van der Waals surface area contributed by atoms with E-state index in [1.807, 2.05) is 0 Å². The van der Waals surface area contributed by atoms with Crippen molar-refractivity contribution in [2.75, 3.05) is 6.54 Å². The summed E-state index contributed by atoms with van der Waals surface area (Å²) in [6, 6.07) is 3.21. The quantitative estimate of drug-likeness (QED) is 0.817. The van der Waals surface area contributed by atoms with E-state index >= 15 is 0 Å². The van der Waals surface area contributed by atoms with Gasteiger partial charge in [0.15, 0.2) is 0 Å². The molecule has 2 rings (SSSR count). The van der Waals surface area contributed by atoms with Crippen molar-refractivity contribution in [3.8, 4) is 0 Å². The maximum atomic E-state index is 4.72. The van der Waals surface area contributed by atoms with Crippen molar-refractivity contribution in [3.63, 3.8) is 0 Å². The summed E-state index contributed by atoms with van der Waals surface area (Å²) in [5.41, 5.74) is 1.61. The van der Waals surface area contributed by atoms with Gasteiger partial charge in [-0.25, -0.2) is 0 Å². The molecule has 19 heavy (non-hydrogen) atoms. The molecule has 1 fully saturated rings. The van der Waals surface area contributed by atoms with Crippen molar-refractivity contribution < 1.29 is 0 Å². The summed E-state index contributed by atoms with van der Waals surface area (Å²) in [4.78, 5) is 0. The lowest BCUT2D eigenvalue weighted by atomic mass is 9.80. The van der Waals surface area contributed by atoms with Crippen LogP contribution in [-0.4, -0.2) is 22.4 Å². The molecule has 1 aromatic rings. The first-order valence-corrected chi connectivity index (χ1v) is 7.68. The fraction of sp³-hybridized carbons (Fsp3) is 0.812. The molecule has 0 aliphatic heterocycles. The third kappa shape index (κ3) is 3.82. The molecule has 0 radical (unpaired) electrons. The second-order valence-electron chi connectivity index (χ2n) is 7.02. The maximum Gasteiger partial charge on any atom is 0.0630 e. The normalized spacial score (nSPS) is 19.1. The fourth-order valence-corrected chi connectivity index (χ4v) is 2.74. The minimum Gasteiger partial charge on any atom is -0.314 e. The van der Waals surface area contributed by atoms with Gasteiger partial charge in [0.25, 0.3) is 0 Å². The molecule has 0 aromatic carbocycles. The molecule has 1 unspecified atom stereocenters. The monoisotopic (exact) mass is 263 g/mol. The maximum absolute atomic E-state index is 4.72. The number of nitrogens with zero attached hydrogens (tertiary/aromatic N) is 2. The summed E-state index contributed by atoms with van der Waals surface area (Å²) in [5, 5.41) is 8.34. The molecule has 1 aliphatic rings. The highest BCUT2D eigenvalue weighted by molar-refractivity contribution is 5.07. The Bertz CT molecular complexity index is 404. The average molecular weight is 263 g/mol. The second-order valence-corrected chi connectivity index (χ2v) is 7.02. The predicted octanol–water partition coefficient (Wildman–Crippen LogP) is 3.42. The van der Waals surface area contributed by atoms with E-state index in [-0.39, 0.29) is 0 Å². The van der Waals surface area contributed by atoms with E-state index in [0.717, 1.165) is 18.9 Å². The van der Waals surface area contributed by atoms with Gasteiger partial charge in [-0.3, -0.25) is 4.68 Å². The number of aromatic nitrogens is 2. The molecule has 108 valence electrons. The highest BCUT2D eigenvalue weighted by atomic mass is 15.3. The van der Waals surface area contributed by atoms with Crippen LogP contribution in [0.2, 0.25) is 0 Å². The van der Waals surface area contributed by atoms with Gasteiger partial charge in [0, 0.05) is 24.8 Å². The molecule has 1 heterocycles. The highest BCUT2D eigenvalue weighted by Gasteiger charge is 2.41. The van der Waals surface area contributed by atoms with E-state index in [2.05, 4.69) is 56.9 Å². The Balaban J connectivity index is 2.02. The van der Waals surface area contributed by atoms with Gasteiger partial charge in [-0.1, -0.05) is 20.8 Å². The van der Waals surface area contributed by atoms with Crippen LogP contribution in [0.5, 0.6) is 0 Å². The summed E-state index contributed by atoms with van der Waals surface area (Å²) in [7, 11) is 0. The molecule has 1 aromatic heterocycles. The number of hydrogen-bond donors (Lipinski definition) is 1. The van der Waals surface area contributed by atoms with Crippen LogP contribution in [0.1, 0.15) is 59.2 Å². The summed E-state index contributed by atoms with van der Waals surface area (Å²) in [6.45, 7) is 12.3. The Morgan fingerprint density at radius 1 is 1.37 bits per heavy atom. The number of rotatable bonds is 7. The Hall–Kier alpha value is -0.830. The molecule has 1 aliphatic carbocycles. The van der Waals surface area contributed by atoms with Crippen molar-refractivity contribution in [1.29, 1.82) is 0 Å². The molecule has 1 saturated carbocycles. The van der Waals surface area contributed by atoms with E-state index in [0.29, 0.717) is 17.5 Å². The van der Waals surface area contributed by atoms with Crippen LogP contribution in [0.3, 0.4) is 0 Å². The van der Waals surface area contributed by atoms with Gasteiger partial charge in [-0.15, -0.1) is 0 Å². The number of hydrogen-bond acceptors (Lipinski definition) is 2. The van der Waals surface area contributed by atoms with Crippen molar-refractivity contribution in [3.05, 3.63) is 18.0 Å². The van der Waals surface area contributed by atoms with Crippen LogP contribution >= 0.6 is 0 Å². The zero-order valence-electron chi connectivity index (χ0n) is 13.1. The fourth-order valence-electron chi connectivity index (χ4n) is 2.74. The van der Waals surface area contributed by atoms with Gasteiger partial charge >= 0.3 is 0 Å². The van der Waals surface area contributed by atoms with E-state index in [9.17, 15) is 0 Å². The van der Waals surface area contributed by atoms with Crippen molar-refractivity contribution in [2.45, 2.75) is 66.0 Å². The van der Waals surface area contributed by atoms with Gasteiger partial charge in [0.1, 0.15) is 0 Å². The molecule has 0 bridgehead atoms. The minimum atomic E-state index is 0.362. The van der Waals surface area contributed by atoms with Crippen LogP contribution < -0.4 is 5.32 Å². The minimum absolute atomic E-state index is 0.362. The van der Waals surface area contributed by atoms with Crippen LogP contribution in [0.25, 0.3) is 0 Å². The first kappa shape index (κ1) is 14.6. The van der Waals surface area contributed by atoms with Crippen LogP contribution in [0, 0.1) is 11.3 Å². The molecule has 1 atom stereocenters. The standard InChI is InChI=1S/C16H29N3/c1-12(2)17-11-16(5,14-6-7-14)10-15-8-9-19(18-15)13(3)4/h8-9,12-14,17H,6-7,10-11H2,1-5H3. The van der Waals surface area contributed by atoms with Crippen LogP contribution in [-0.2, 0) is 6.42 Å². The van der Waals surface area contributed by atoms with Gasteiger partial charge in [-0.05, 0) is 50.5 Å². The Labute approximate surface area is 117 Å². The molecular formula is C16H29N3. The van der Waals surface area contributed by atoms with E-state index in [4.69, 9.17) is 5.10 Å². The third-order valence-electron chi connectivity index (χ3n) is 4.25. The first-order chi connectivity index (χ1) is 8.90. The summed E-state index contributed by atoms with van der Waals surface area (Å²) in [6.07, 6.45) is 5.99. The molecule has 0 saturated heterocycles. The lowest BCUT2D eigenvalue weighted by Gasteiger charge is -2.30. The van der Waals surface area contributed by atoms with Gasteiger partial charge < -0.3 is 5.32 Å². The van der Waals surface area contributed by atoms with Gasteiger partial charge in [0.2, 0.25) is 0 Å². The molecule has 3 heteroatoms. The smallest absolute Gasteiger partial charge is 0.0630 e. The zero-order valence-corrected chi connectivity index (χ0v) is 13.1. The highest BCUT2D eigenvalue weighted by Crippen LogP contribution is 2.46. The van der Waals surface area contributed by atoms with Crippen molar-refractivity contribution >= 4 is 0 Å². The van der Waals surface area contributed by atoms with E-state index in [1.165, 1.54) is 18.5 Å². The SMILES string of the molecule is CC(C)NCC(C)(Cc1ccn(C(C)C)n1)C1CC1. The lowest BCUT2D eigenvalue weighted by molar-refractivity contribution is 0.245. The molecule has 1 N–H and O–H groups in total. The van der Waals surface area contributed by atoms with Crippen molar-refractivity contribution in [1.82, 2.24) is 15.1 Å². The van der Waals surface area contributed by atoms with Gasteiger partial charge in [-0.2, -0.15) is 5.10 Å². The molecule has 0 spiro atoms. The molecule has 0 amide bonds. The second kappa shape index (κ2) is 5.66. The Morgan fingerprint density at radius 3 is 2.53 bits per heavy atom. The topological polar surface area (TPSA) is 29.9 Å². The predicted molar refractivity (Wildman–Crippen MR) is 80.3 cm³/mol. The van der Waals surface area contributed by atoms with Crippen LogP contribution in [0.15, 0.2) is 12.3 Å². The summed E-state index contributed by atoms with van der Waals surface area (Å²) >= 11 is 0. The van der Waals surface area contributed by atoms with E-state index < -0.39 is 0 Å². The zero-order chi connectivity index (χ0) is 14.0. The summed E-state index contributed by atoms with van der Waals surface area (Å²) in [5.74, 6) is 0.878. The van der Waals surface area contributed by atoms with E-state index in [1.54, 1.807) is 0 Å². The average Bonchev–Trinajstić information content (AvgIpc) is 3.09. The third-order valence-corrected chi connectivity index (χ3v) is 4.25. The molecular weight excluding hydrogens is 234 g/mol. The largest absolute Gasteiger partial charge is 0.314 e. The van der Waals surface area contributed by atoms with Crippen LogP contribution in [0.4, 0.5) is 0 Å². The first-order valence-electron chi connectivity index (χ1n) is 7.68. The van der Waals surface area contributed by atoms with Crippen molar-refractivity contribution in [2.24, 2.45) is 11.3 Å². The van der Waals surface area contributed by atoms with Gasteiger partial charge in [0.05, 0.1) is 5.69 Å².